The molecular weight excluding hydrogens is 789 g/mol. The van der Waals surface area contributed by atoms with Crippen LogP contribution >= 0.6 is 0 Å². The van der Waals surface area contributed by atoms with E-state index in [0.717, 1.165) is 70.6 Å². The Morgan fingerprint density at radius 2 is 0.656 bits per heavy atom. The predicted octanol–water partition coefficient (Wildman–Crippen LogP) is 18.9. The second-order valence-corrected chi connectivity index (χ2v) is 18.5. The first kappa shape index (κ1) is 61.6. The summed E-state index contributed by atoms with van der Waals surface area (Å²) in [5.74, 6) is -0.417. The molecule has 5 heteroatoms. The Kier molecular flexibility index (Phi) is 52.9. The van der Waals surface area contributed by atoms with E-state index in [4.69, 9.17) is 14.2 Å². The first-order valence-corrected chi connectivity index (χ1v) is 27.8. The van der Waals surface area contributed by atoms with Crippen LogP contribution in [0.5, 0.6) is 0 Å². The summed E-state index contributed by atoms with van der Waals surface area (Å²) in [7, 11) is 0. The third-order valence-corrected chi connectivity index (χ3v) is 12.0. The molecule has 0 bridgehead atoms. The van der Waals surface area contributed by atoms with Crippen LogP contribution in [0.4, 0.5) is 0 Å². The number of esters is 2. The van der Waals surface area contributed by atoms with Gasteiger partial charge in [-0.2, -0.15) is 0 Å². The van der Waals surface area contributed by atoms with Gasteiger partial charge < -0.3 is 14.2 Å². The lowest BCUT2D eigenvalue weighted by molar-refractivity contribution is -0.163. The Labute approximate surface area is 398 Å². The van der Waals surface area contributed by atoms with Gasteiger partial charge in [0.1, 0.15) is 6.61 Å². The lowest BCUT2D eigenvalue weighted by Gasteiger charge is -2.18. The fourth-order valence-corrected chi connectivity index (χ4v) is 7.80. The van der Waals surface area contributed by atoms with Crippen molar-refractivity contribution in [3.63, 3.8) is 0 Å². The van der Waals surface area contributed by atoms with Crippen molar-refractivity contribution < 1.29 is 23.8 Å². The van der Waals surface area contributed by atoms with E-state index < -0.39 is 6.10 Å². The molecule has 0 aliphatic carbocycles. The fourth-order valence-electron chi connectivity index (χ4n) is 7.80. The monoisotopic (exact) mass is 895 g/mol. The first-order valence-electron chi connectivity index (χ1n) is 27.8. The van der Waals surface area contributed by atoms with Crippen LogP contribution in [0.25, 0.3) is 0 Å². The Balaban J connectivity index is 4.30. The normalized spacial score (nSPS) is 12.6. The average molecular weight is 895 g/mol. The van der Waals surface area contributed by atoms with Gasteiger partial charge in [-0.05, 0) is 109 Å². The lowest BCUT2D eigenvalue weighted by Crippen LogP contribution is -2.30. The van der Waals surface area contributed by atoms with Gasteiger partial charge in [0.25, 0.3) is 0 Å². The molecule has 0 N–H and O–H groups in total. The van der Waals surface area contributed by atoms with Crippen LogP contribution in [0.1, 0.15) is 278 Å². The largest absolute Gasteiger partial charge is 0.462 e. The van der Waals surface area contributed by atoms with Crippen molar-refractivity contribution in [3.05, 3.63) is 60.8 Å². The van der Waals surface area contributed by atoms with E-state index in [1.807, 2.05) is 0 Å². The number of carbonyl (C=O) groups excluding carboxylic acids is 2. The predicted molar refractivity (Wildman–Crippen MR) is 279 cm³/mol. The molecule has 1 atom stereocenters. The molecule has 0 heterocycles. The molecule has 5 nitrogen and oxygen atoms in total. The van der Waals surface area contributed by atoms with Crippen molar-refractivity contribution >= 4 is 11.9 Å². The highest BCUT2D eigenvalue weighted by molar-refractivity contribution is 5.70. The van der Waals surface area contributed by atoms with Crippen LogP contribution in [0.2, 0.25) is 0 Å². The molecule has 64 heavy (non-hydrogen) atoms. The standard InChI is InChI=1S/C59H106O5/c1-4-7-10-13-16-19-22-25-28-30-32-34-37-40-43-46-49-52-58(60)63-56-57(55-62-54-51-48-45-42-39-36-33-29-26-23-20-17-14-11-8-5-2)64-59(61)53-50-47-44-41-38-35-31-27-24-21-18-15-12-9-6-3/h16,18-19,21,25-29,31,57H,4-15,17,20,22-24,30,32-56H2,1-3H3/b19-16-,21-18-,28-25-,29-26-,31-27-. The second-order valence-electron chi connectivity index (χ2n) is 18.5. The van der Waals surface area contributed by atoms with Crippen LogP contribution in [0.3, 0.4) is 0 Å². The van der Waals surface area contributed by atoms with Crippen molar-refractivity contribution in [2.75, 3.05) is 19.8 Å². The maximum Gasteiger partial charge on any atom is 0.306 e. The van der Waals surface area contributed by atoms with Crippen molar-refractivity contribution in [3.8, 4) is 0 Å². The number of unbranched alkanes of at least 4 members (excludes halogenated alkanes) is 30. The quantitative estimate of drug-likeness (QED) is 0.0346. The summed E-state index contributed by atoms with van der Waals surface area (Å²) in [6, 6.07) is 0. The molecule has 0 saturated carbocycles. The van der Waals surface area contributed by atoms with Crippen LogP contribution < -0.4 is 0 Å². The van der Waals surface area contributed by atoms with Crippen molar-refractivity contribution in [2.24, 2.45) is 0 Å². The molecule has 0 spiro atoms. The number of hydrogen-bond donors (Lipinski definition) is 0. The molecule has 0 rings (SSSR count). The molecule has 372 valence electrons. The van der Waals surface area contributed by atoms with E-state index in [1.54, 1.807) is 0 Å². The zero-order chi connectivity index (χ0) is 46.3. The molecule has 0 amide bonds. The summed E-state index contributed by atoms with van der Waals surface area (Å²) < 4.78 is 17.4. The molecular formula is C59H106O5. The number of hydrogen-bond acceptors (Lipinski definition) is 5. The number of carbonyl (C=O) groups is 2. The SMILES string of the molecule is CCCCC/C=C\C/C=C\CCCCCCCCCC(=O)OCC(COCCCCCCCC/C=C\CCCCCCCC)OC(=O)CCCCCCC/C=C\C/C=C\CCCCC. The van der Waals surface area contributed by atoms with E-state index >= 15 is 0 Å². The second kappa shape index (κ2) is 54.9. The van der Waals surface area contributed by atoms with E-state index in [1.165, 1.54) is 173 Å². The molecule has 0 aromatic heterocycles. The Hall–Kier alpha value is -2.40. The van der Waals surface area contributed by atoms with Crippen LogP contribution in [0, 0.1) is 0 Å². The van der Waals surface area contributed by atoms with Gasteiger partial charge in [0.05, 0.1) is 6.61 Å². The average Bonchev–Trinajstić information content (AvgIpc) is 3.30. The Morgan fingerprint density at radius 1 is 0.344 bits per heavy atom. The van der Waals surface area contributed by atoms with Gasteiger partial charge in [0.15, 0.2) is 6.10 Å². The number of ether oxygens (including phenoxy) is 3. The molecule has 0 aliphatic rings. The summed E-state index contributed by atoms with van der Waals surface area (Å²) in [5.41, 5.74) is 0. The third-order valence-electron chi connectivity index (χ3n) is 12.0. The van der Waals surface area contributed by atoms with E-state index in [-0.39, 0.29) is 25.2 Å². The minimum Gasteiger partial charge on any atom is -0.462 e. The molecule has 0 aromatic rings. The third kappa shape index (κ3) is 52.2. The smallest absolute Gasteiger partial charge is 0.306 e. The van der Waals surface area contributed by atoms with Gasteiger partial charge in [-0.25, -0.2) is 0 Å². The molecule has 0 aromatic carbocycles. The van der Waals surface area contributed by atoms with Crippen molar-refractivity contribution in [1.82, 2.24) is 0 Å². The Bertz CT molecular complexity index is 1100. The van der Waals surface area contributed by atoms with Crippen LogP contribution in [-0.4, -0.2) is 37.9 Å². The summed E-state index contributed by atoms with van der Waals surface area (Å²) in [5, 5.41) is 0. The van der Waals surface area contributed by atoms with E-state index in [2.05, 4.69) is 81.5 Å². The highest BCUT2D eigenvalue weighted by Crippen LogP contribution is 2.14. The highest BCUT2D eigenvalue weighted by Gasteiger charge is 2.17. The van der Waals surface area contributed by atoms with Crippen LogP contribution in [0.15, 0.2) is 60.8 Å². The number of rotatable bonds is 51. The molecule has 0 fully saturated rings. The topological polar surface area (TPSA) is 61.8 Å². The zero-order valence-corrected chi connectivity index (χ0v) is 42.8. The molecule has 0 aliphatic heterocycles. The summed E-state index contributed by atoms with van der Waals surface area (Å²) in [6.45, 7) is 7.77. The van der Waals surface area contributed by atoms with Crippen LogP contribution in [-0.2, 0) is 23.8 Å². The fraction of sp³-hybridized carbons (Fsp3) is 0.797. The Morgan fingerprint density at radius 3 is 1.08 bits per heavy atom. The van der Waals surface area contributed by atoms with Crippen molar-refractivity contribution in [1.29, 1.82) is 0 Å². The summed E-state index contributed by atoms with van der Waals surface area (Å²) >= 11 is 0. The number of allylic oxidation sites excluding steroid dienone is 10. The van der Waals surface area contributed by atoms with Gasteiger partial charge >= 0.3 is 11.9 Å². The first-order chi connectivity index (χ1) is 31.6. The maximum atomic E-state index is 12.8. The molecule has 1 unspecified atom stereocenters. The molecule has 0 radical (unpaired) electrons. The minimum absolute atomic E-state index is 0.0733. The lowest BCUT2D eigenvalue weighted by atomic mass is 10.1. The minimum atomic E-state index is -0.551. The summed E-state index contributed by atoms with van der Waals surface area (Å²) in [4.78, 5) is 25.5. The van der Waals surface area contributed by atoms with E-state index in [9.17, 15) is 9.59 Å². The van der Waals surface area contributed by atoms with Gasteiger partial charge in [-0.15, -0.1) is 0 Å². The van der Waals surface area contributed by atoms with Crippen molar-refractivity contribution in [2.45, 2.75) is 284 Å². The van der Waals surface area contributed by atoms with Gasteiger partial charge in [0, 0.05) is 19.4 Å². The van der Waals surface area contributed by atoms with Gasteiger partial charge in [-0.1, -0.05) is 216 Å². The maximum absolute atomic E-state index is 12.8. The zero-order valence-electron chi connectivity index (χ0n) is 42.8. The van der Waals surface area contributed by atoms with Gasteiger partial charge in [-0.3, -0.25) is 9.59 Å². The summed E-state index contributed by atoms with van der Waals surface area (Å²) in [6.07, 6.45) is 69.4. The highest BCUT2D eigenvalue weighted by atomic mass is 16.6. The van der Waals surface area contributed by atoms with Gasteiger partial charge in [0.2, 0.25) is 0 Å². The molecule has 0 saturated heterocycles. The van der Waals surface area contributed by atoms with E-state index in [0.29, 0.717) is 19.4 Å².